The molecule has 0 saturated carbocycles. The Hall–Kier alpha value is -2.10. The van der Waals surface area contributed by atoms with E-state index in [4.69, 9.17) is 0 Å². The topological polar surface area (TPSA) is 53.4 Å². The highest BCUT2D eigenvalue weighted by Crippen LogP contribution is 2.31. The molecule has 0 bridgehead atoms. The van der Waals surface area contributed by atoms with Gasteiger partial charge < -0.3 is 10.0 Å². The standard InChI is InChI=1S/C16H20N2O2/c1-4-9-18(11(2)3)15-12-7-5-6-8-14(12)17-10-13(15)16(19)20/h5-8,10-11H,4,9H2,1-3H3,(H,19,20). The first-order chi connectivity index (χ1) is 9.56. The molecule has 2 rings (SSSR count). The van der Waals surface area contributed by atoms with Crippen LogP contribution in [0, 0.1) is 0 Å². The second-order valence-electron chi connectivity index (χ2n) is 5.13. The Kier molecular flexibility index (Phi) is 4.23. The lowest BCUT2D eigenvalue weighted by molar-refractivity contribution is 0.0697. The van der Waals surface area contributed by atoms with Crippen molar-refractivity contribution in [3.63, 3.8) is 0 Å². The molecule has 106 valence electrons. The van der Waals surface area contributed by atoms with Crippen molar-refractivity contribution in [3.05, 3.63) is 36.0 Å². The molecular weight excluding hydrogens is 252 g/mol. The average Bonchev–Trinajstić information content (AvgIpc) is 2.43. The summed E-state index contributed by atoms with van der Waals surface area (Å²) in [6.07, 6.45) is 2.43. The highest BCUT2D eigenvalue weighted by Gasteiger charge is 2.21. The van der Waals surface area contributed by atoms with Crippen molar-refractivity contribution in [1.82, 2.24) is 4.98 Å². The van der Waals surface area contributed by atoms with Crippen LogP contribution in [0.25, 0.3) is 10.9 Å². The van der Waals surface area contributed by atoms with Crippen molar-refractivity contribution in [2.45, 2.75) is 33.2 Å². The first-order valence-electron chi connectivity index (χ1n) is 6.94. The molecule has 0 amide bonds. The Bertz CT molecular complexity index is 623. The summed E-state index contributed by atoms with van der Waals surface area (Å²) in [6.45, 7) is 7.08. The van der Waals surface area contributed by atoms with Crippen molar-refractivity contribution < 1.29 is 9.90 Å². The van der Waals surface area contributed by atoms with Gasteiger partial charge in [-0.25, -0.2) is 4.79 Å². The number of rotatable bonds is 5. The molecule has 0 atom stereocenters. The number of pyridine rings is 1. The van der Waals surface area contributed by atoms with Crippen LogP contribution >= 0.6 is 0 Å². The first kappa shape index (κ1) is 14.3. The molecule has 0 aliphatic carbocycles. The fraction of sp³-hybridized carbons (Fsp3) is 0.375. The van der Waals surface area contributed by atoms with E-state index in [1.807, 2.05) is 24.3 Å². The molecule has 2 aromatic rings. The molecule has 1 N–H and O–H groups in total. The number of benzene rings is 1. The van der Waals surface area contributed by atoms with Crippen molar-refractivity contribution >= 4 is 22.6 Å². The number of carboxylic acids is 1. The third-order valence-corrected chi connectivity index (χ3v) is 3.35. The van der Waals surface area contributed by atoms with Crippen LogP contribution in [0.5, 0.6) is 0 Å². The van der Waals surface area contributed by atoms with E-state index in [1.165, 1.54) is 6.20 Å². The Labute approximate surface area is 119 Å². The molecule has 0 fully saturated rings. The van der Waals surface area contributed by atoms with Crippen molar-refractivity contribution in [1.29, 1.82) is 0 Å². The molecule has 4 nitrogen and oxygen atoms in total. The van der Waals surface area contributed by atoms with E-state index < -0.39 is 5.97 Å². The Morgan fingerprint density at radius 3 is 2.65 bits per heavy atom. The maximum atomic E-state index is 11.5. The molecule has 0 radical (unpaired) electrons. The second kappa shape index (κ2) is 5.90. The van der Waals surface area contributed by atoms with Crippen LogP contribution in [0.15, 0.2) is 30.5 Å². The van der Waals surface area contributed by atoms with Crippen LogP contribution in [-0.2, 0) is 0 Å². The average molecular weight is 272 g/mol. The van der Waals surface area contributed by atoms with Crippen LogP contribution < -0.4 is 4.90 Å². The summed E-state index contributed by atoms with van der Waals surface area (Å²) < 4.78 is 0. The van der Waals surface area contributed by atoms with Gasteiger partial charge in [0, 0.05) is 24.2 Å². The van der Waals surface area contributed by atoms with Crippen LogP contribution in [-0.4, -0.2) is 28.6 Å². The van der Waals surface area contributed by atoms with E-state index in [1.54, 1.807) is 0 Å². The zero-order chi connectivity index (χ0) is 14.7. The van der Waals surface area contributed by atoms with Crippen LogP contribution in [0.3, 0.4) is 0 Å². The van der Waals surface area contributed by atoms with E-state index in [0.717, 1.165) is 29.6 Å². The van der Waals surface area contributed by atoms with Crippen LogP contribution in [0.1, 0.15) is 37.6 Å². The van der Waals surface area contributed by atoms with Gasteiger partial charge in [0.05, 0.1) is 11.2 Å². The van der Waals surface area contributed by atoms with Gasteiger partial charge in [-0.15, -0.1) is 0 Å². The summed E-state index contributed by atoms with van der Waals surface area (Å²) in [7, 11) is 0. The van der Waals surface area contributed by atoms with Gasteiger partial charge in [0.1, 0.15) is 5.56 Å². The summed E-state index contributed by atoms with van der Waals surface area (Å²) in [4.78, 5) is 17.9. The molecule has 0 unspecified atom stereocenters. The highest BCUT2D eigenvalue weighted by molar-refractivity contribution is 6.04. The number of para-hydroxylation sites is 1. The fourth-order valence-corrected chi connectivity index (χ4v) is 2.46. The quantitative estimate of drug-likeness (QED) is 0.904. The molecule has 1 heterocycles. The third-order valence-electron chi connectivity index (χ3n) is 3.35. The minimum atomic E-state index is -0.931. The zero-order valence-electron chi connectivity index (χ0n) is 12.1. The monoisotopic (exact) mass is 272 g/mol. The van der Waals surface area contributed by atoms with Gasteiger partial charge in [0.2, 0.25) is 0 Å². The largest absolute Gasteiger partial charge is 0.478 e. The van der Waals surface area contributed by atoms with Gasteiger partial charge in [-0.3, -0.25) is 4.98 Å². The van der Waals surface area contributed by atoms with E-state index >= 15 is 0 Å². The van der Waals surface area contributed by atoms with Gasteiger partial charge in [-0.2, -0.15) is 0 Å². The summed E-state index contributed by atoms with van der Waals surface area (Å²) in [5.74, 6) is -0.931. The maximum Gasteiger partial charge on any atom is 0.339 e. The zero-order valence-corrected chi connectivity index (χ0v) is 12.1. The number of hydrogen-bond donors (Lipinski definition) is 1. The highest BCUT2D eigenvalue weighted by atomic mass is 16.4. The summed E-state index contributed by atoms with van der Waals surface area (Å²) in [6, 6.07) is 7.92. The Morgan fingerprint density at radius 2 is 2.05 bits per heavy atom. The van der Waals surface area contributed by atoms with Crippen LogP contribution in [0.2, 0.25) is 0 Å². The number of anilines is 1. The third kappa shape index (κ3) is 2.59. The van der Waals surface area contributed by atoms with E-state index in [-0.39, 0.29) is 11.6 Å². The molecule has 0 saturated heterocycles. The number of carboxylic acid groups (broad SMARTS) is 1. The molecule has 0 aliphatic heterocycles. The SMILES string of the molecule is CCCN(c1c(C(=O)O)cnc2ccccc12)C(C)C. The normalized spacial score (nSPS) is 11.0. The van der Waals surface area contributed by atoms with Gasteiger partial charge in [-0.05, 0) is 26.3 Å². The fourth-order valence-electron chi connectivity index (χ4n) is 2.46. The minimum Gasteiger partial charge on any atom is -0.478 e. The van der Waals surface area contributed by atoms with Gasteiger partial charge in [0.25, 0.3) is 0 Å². The number of carbonyl (C=O) groups is 1. The Morgan fingerprint density at radius 1 is 1.35 bits per heavy atom. The molecule has 20 heavy (non-hydrogen) atoms. The first-order valence-corrected chi connectivity index (χ1v) is 6.94. The van der Waals surface area contributed by atoms with Crippen molar-refractivity contribution in [3.8, 4) is 0 Å². The predicted octanol–water partition coefficient (Wildman–Crippen LogP) is 3.56. The molecule has 0 aliphatic rings. The summed E-state index contributed by atoms with van der Waals surface area (Å²) >= 11 is 0. The lowest BCUT2D eigenvalue weighted by atomic mass is 10.1. The van der Waals surface area contributed by atoms with Gasteiger partial charge in [-0.1, -0.05) is 25.1 Å². The number of aromatic nitrogens is 1. The summed E-state index contributed by atoms with van der Waals surface area (Å²) in [5.41, 5.74) is 1.88. The molecule has 1 aromatic carbocycles. The maximum absolute atomic E-state index is 11.5. The van der Waals surface area contributed by atoms with E-state index in [0.29, 0.717) is 0 Å². The lowest BCUT2D eigenvalue weighted by Crippen LogP contribution is -2.33. The van der Waals surface area contributed by atoms with Gasteiger partial charge >= 0.3 is 5.97 Å². The smallest absolute Gasteiger partial charge is 0.339 e. The summed E-state index contributed by atoms with van der Waals surface area (Å²) in [5, 5.41) is 10.4. The van der Waals surface area contributed by atoms with Crippen molar-refractivity contribution in [2.24, 2.45) is 0 Å². The number of fused-ring (bicyclic) bond motifs is 1. The molecule has 1 aromatic heterocycles. The molecule has 0 spiro atoms. The number of hydrogen-bond acceptors (Lipinski definition) is 3. The minimum absolute atomic E-state index is 0.235. The second-order valence-corrected chi connectivity index (χ2v) is 5.13. The van der Waals surface area contributed by atoms with Gasteiger partial charge in [0.15, 0.2) is 0 Å². The molecule has 4 heteroatoms. The van der Waals surface area contributed by atoms with E-state index in [2.05, 4.69) is 30.7 Å². The van der Waals surface area contributed by atoms with E-state index in [9.17, 15) is 9.90 Å². The lowest BCUT2D eigenvalue weighted by Gasteiger charge is -2.30. The molecular formula is C16H20N2O2. The number of aromatic carboxylic acids is 1. The number of nitrogens with zero attached hydrogens (tertiary/aromatic N) is 2. The van der Waals surface area contributed by atoms with Crippen molar-refractivity contribution in [2.75, 3.05) is 11.4 Å². The van der Waals surface area contributed by atoms with Crippen LogP contribution in [0.4, 0.5) is 5.69 Å². The Balaban J connectivity index is 2.74. The predicted molar refractivity (Wildman–Crippen MR) is 81.5 cm³/mol.